The lowest BCUT2D eigenvalue weighted by Crippen LogP contribution is -2.28. The van der Waals surface area contributed by atoms with Gasteiger partial charge in [-0.3, -0.25) is 0 Å². The topological polar surface area (TPSA) is 38.9 Å². The van der Waals surface area contributed by atoms with E-state index in [0.717, 1.165) is 41.3 Å². The lowest BCUT2D eigenvalue weighted by atomic mass is 10.1. The Morgan fingerprint density at radius 1 is 1.11 bits per heavy atom. The van der Waals surface area contributed by atoms with Crippen LogP contribution in [0.4, 0.5) is 4.39 Å². The van der Waals surface area contributed by atoms with Crippen molar-refractivity contribution in [1.82, 2.24) is 24.2 Å². The van der Waals surface area contributed by atoms with Crippen LogP contribution in [0.5, 0.6) is 0 Å². The molecule has 28 heavy (non-hydrogen) atoms. The van der Waals surface area contributed by atoms with Gasteiger partial charge in [0.1, 0.15) is 5.82 Å². The number of aromatic nitrogens is 4. The quantitative estimate of drug-likeness (QED) is 0.629. The van der Waals surface area contributed by atoms with Crippen LogP contribution in [0.15, 0.2) is 36.8 Å². The maximum Gasteiger partial charge on any atom is 0.123 e. The average molecular weight is 381 g/mol. The van der Waals surface area contributed by atoms with Crippen LogP contribution < -0.4 is 0 Å². The molecule has 1 aliphatic heterocycles. The molecule has 0 amide bonds. The summed E-state index contributed by atoms with van der Waals surface area (Å²) in [5, 5.41) is 4.74. The first kappa shape index (κ1) is 18.9. The molecule has 5 nitrogen and oxygen atoms in total. The van der Waals surface area contributed by atoms with Crippen molar-refractivity contribution in [2.75, 3.05) is 19.6 Å². The van der Waals surface area contributed by atoms with E-state index >= 15 is 0 Å². The second-order valence-electron chi connectivity index (χ2n) is 7.69. The minimum absolute atomic E-state index is 0.240. The van der Waals surface area contributed by atoms with Crippen molar-refractivity contribution >= 4 is 0 Å². The molecule has 0 bridgehead atoms. The van der Waals surface area contributed by atoms with Crippen molar-refractivity contribution < 1.29 is 4.39 Å². The summed E-state index contributed by atoms with van der Waals surface area (Å²) in [6.45, 7) is 9.79. The van der Waals surface area contributed by atoms with E-state index in [1.807, 2.05) is 24.1 Å². The fraction of sp³-hybridized carbons (Fsp3) is 0.455. The Morgan fingerprint density at radius 3 is 2.50 bits per heavy atom. The smallest absolute Gasteiger partial charge is 0.123 e. The Labute approximate surface area is 165 Å². The van der Waals surface area contributed by atoms with Gasteiger partial charge in [0.2, 0.25) is 0 Å². The average Bonchev–Trinajstić information content (AvgIpc) is 3.42. The summed E-state index contributed by atoms with van der Waals surface area (Å²) in [7, 11) is 0. The highest BCUT2D eigenvalue weighted by Crippen LogP contribution is 2.31. The highest BCUT2D eigenvalue weighted by molar-refractivity contribution is 5.66. The van der Waals surface area contributed by atoms with Crippen LogP contribution >= 0.6 is 0 Å². The van der Waals surface area contributed by atoms with E-state index in [0.29, 0.717) is 6.04 Å². The molecular weight excluding hydrogens is 353 g/mol. The summed E-state index contributed by atoms with van der Waals surface area (Å²) in [5.41, 5.74) is 5.08. The molecule has 0 spiro atoms. The first-order chi connectivity index (χ1) is 13.6. The molecule has 4 rings (SSSR count). The molecule has 6 heteroatoms. The Kier molecular flexibility index (Phi) is 5.31. The molecule has 3 heterocycles. The van der Waals surface area contributed by atoms with Gasteiger partial charge in [0.25, 0.3) is 0 Å². The Bertz CT molecular complexity index is 934. The van der Waals surface area contributed by atoms with E-state index < -0.39 is 0 Å². The van der Waals surface area contributed by atoms with Crippen LogP contribution in [0, 0.1) is 19.7 Å². The molecule has 148 valence electrons. The van der Waals surface area contributed by atoms with E-state index in [9.17, 15) is 4.39 Å². The van der Waals surface area contributed by atoms with Gasteiger partial charge in [0.15, 0.2) is 0 Å². The zero-order valence-electron chi connectivity index (χ0n) is 16.9. The summed E-state index contributed by atoms with van der Waals surface area (Å²) in [6.07, 6.45) is 7.56. The summed E-state index contributed by atoms with van der Waals surface area (Å²) in [4.78, 5) is 7.03. The fourth-order valence-electron chi connectivity index (χ4n) is 4.31. The zero-order valence-corrected chi connectivity index (χ0v) is 16.9. The minimum Gasteiger partial charge on any atom is -0.326 e. The van der Waals surface area contributed by atoms with E-state index in [4.69, 9.17) is 5.10 Å². The van der Waals surface area contributed by atoms with E-state index in [2.05, 4.69) is 28.3 Å². The van der Waals surface area contributed by atoms with Gasteiger partial charge in [-0.1, -0.05) is 6.92 Å². The predicted molar refractivity (Wildman–Crippen MR) is 109 cm³/mol. The molecule has 1 aliphatic rings. The molecule has 1 saturated heterocycles. The van der Waals surface area contributed by atoms with Gasteiger partial charge in [-0.05, 0) is 70.5 Å². The Morgan fingerprint density at radius 2 is 1.82 bits per heavy atom. The number of hydrogen-bond donors (Lipinski definition) is 0. The Balaban J connectivity index is 1.70. The van der Waals surface area contributed by atoms with Crippen molar-refractivity contribution in [2.45, 2.75) is 46.1 Å². The van der Waals surface area contributed by atoms with Crippen LogP contribution in [0.2, 0.25) is 0 Å². The maximum absolute atomic E-state index is 13.3. The molecule has 3 aromatic rings. The van der Waals surface area contributed by atoms with Crippen LogP contribution in [0.25, 0.3) is 16.9 Å². The standard InChI is InChI=1S/C22H28FN5/c1-4-19(14-26-11-5-6-12-26)27-15-24-13-21(27)22-16(2)25-28(17(22)3)20-9-7-18(23)8-10-20/h7-10,13,15,19H,4-6,11-12,14H2,1-3H3/t19-/m1/s1. The number of likely N-dealkylation sites (tertiary alicyclic amines) is 1. The van der Waals surface area contributed by atoms with Gasteiger partial charge < -0.3 is 9.47 Å². The number of hydrogen-bond acceptors (Lipinski definition) is 3. The normalized spacial score (nSPS) is 16.0. The monoisotopic (exact) mass is 381 g/mol. The first-order valence-corrected chi connectivity index (χ1v) is 10.1. The van der Waals surface area contributed by atoms with Gasteiger partial charge in [0.05, 0.1) is 35.3 Å². The summed E-state index contributed by atoms with van der Waals surface area (Å²) in [5.74, 6) is -0.240. The molecule has 1 aromatic carbocycles. The molecule has 0 unspecified atom stereocenters. The van der Waals surface area contributed by atoms with Crippen molar-refractivity contribution in [2.24, 2.45) is 0 Å². The van der Waals surface area contributed by atoms with Crippen LogP contribution in [-0.2, 0) is 0 Å². The largest absolute Gasteiger partial charge is 0.326 e. The molecular formula is C22H28FN5. The SMILES string of the molecule is CC[C@H](CN1CCCC1)n1cncc1-c1c(C)nn(-c2ccc(F)cc2)c1C. The number of rotatable bonds is 6. The molecule has 2 aromatic heterocycles. The van der Waals surface area contributed by atoms with E-state index in [-0.39, 0.29) is 5.82 Å². The van der Waals surface area contributed by atoms with E-state index in [1.165, 1.54) is 38.1 Å². The summed E-state index contributed by atoms with van der Waals surface area (Å²) >= 11 is 0. The van der Waals surface area contributed by atoms with Gasteiger partial charge in [-0.25, -0.2) is 14.1 Å². The lowest BCUT2D eigenvalue weighted by Gasteiger charge is -2.25. The molecule has 0 aliphatic carbocycles. The number of halogens is 1. The third-order valence-electron chi connectivity index (χ3n) is 5.82. The van der Waals surface area contributed by atoms with Gasteiger partial charge in [-0.15, -0.1) is 0 Å². The molecule has 0 saturated carbocycles. The zero-order chi connectivity index (χ0) is 19.7. The predicted octanol–water partition coefficient (Wildman–Crippen LogP) is 4.54. The third-order valence-corrected chi connectivity index (χ3v) is 5.82. The molecule has 1 fully saturated rings. The van der Waals surface area contributed by atoms with Gasteiger partial charge in [0, 0.05) is 18.2 Å². The maximum atomic E-state index is 13.3. The molecule has 0 N–H and O–H groups in total. The highest BCUT2D eigenvalue weighted by Gasteiger charge is 2.23. The number of imidazole rings is 1. The van der Waals surface area contributed by atoms with Crippen LogP contribution in [-0.4, -0.2) is 43.9 Å². The number of benzene rings is 1. The van der Waals surface area contributed by atoms with Crippen molar-refractivity contribution in [1.29, 1.82) is 0 Å². The van der Waals surface area contributed by atoms with Gasteiger partial charge in [-0.2, -0.15) is 5.10 Å². The van der Waals surface area contributed by atoms with Crippen LogP contribution in [0.3, 0.4) is 0 Å². The Hall–Kier alpha value is -2.47. The molecule has 0 radical (unpaired) electrons. The second-order valence-corrected chi connectivity index (χ2v) is 7.69. The van der Waals surface area contributed by atoms with Crippen molar-refractivity contribution in [3.8, 4) is 16.9 Å². The first-order valence-electron chi connectivity index (χ1n) is 10.1. The van der Waals surface area contributed by atoms with E-state index in [1.54, 1.807) is 12.1 Å². The lowest BCUT2D eigenvalue weighted by molar-refractivity contribution is 0.273. The summed E-state index contributed by atoms with van der Waals surface area (Å²) in [6, 6.07) is 6.86. The van der Waals surface area contributed by atoms with Gasteiger partial charge >= 0.3 is 0 Å². The second kappa shape index (κ2) is 7.87. The summed E-state index contributed by atoms with van der Waals surface area (Å²) < 4.78 is 17.5. The highest BCUT2D eigenvalue weighted by atomic mass is 19.1. The number of aryl methyl sites for hydroxylation is 1. The molecule has 1 atom stereocenters. The third kappa shape index (κ3) is 3.49. The minimum atomic E-state index is -0.240. The van der Waals surface area contributed by atoms with Crippen molar-refractivity contribution in [3.05, 3.63) is 54.0 Å². The van der Waals surface area contributed by atoms with Crippen LogP contribution in [0.1, 0.15) is 43.6 Å². The van der Waals surface area contributed by atoms with Crippen molar-refractivity contribution in [3.63, 3.8) is 0 Å². The fourth-order valence-corrected chi connectivity index (χ4v) is 4.31. The number of nitrogens with zero attached hydrogens (tertiary/aromatic N) is 5.